The highest BCUT2D eigenvalue weighted by Crippen LogP contribution is 2.24. The van der Waals surface area contributed by atoms with Gasteiger partial charge in [0.25, 0.3) is 0 Å². The van der Waals surface area contributed by atoms with Gasteiger partial charge in [0.2, 0.25) is 0 Å². The molecule has 0 radical (unpaired) electrons. The van der Waals surface area contributed by atoms with Crippen LogP contribution in [0.3, 0.4) is 0 Å². The third kappa shape index (κ3) is 3.29. The molecule has 7 heteroatoms. The SMILES string of the molecule is Cc1cn(C(F)F)nc1BOC(C)(C)C(C)(C)O. The summed E-state index contributed by atoms with van der Waals surface area (Å²) in [5, 5.41) is 13.7. The molecule has 4 nitrogen and oxygen atoms in total. The Morgan fingerprint density at radius 1 is 1.39 bits per heavy atom. The summed E-state index contributed by atoms with van der Waals surface area (Å²) in [6.07, 6.45) is 1.28. The molecule has 0 atom stereocenters. The lowest BCUT2D eigenvalue weighted by Gasteiger charge is -2.37. The van der Waals surface area contributed by atoms with E-state index in [0.29, 0.717) is 15.8 Å². The second kappa shape index (κ2) is 4.97. The Morgan fingerprint density at radius 3 is 2.33 bits per heavy atom. The molecule has 0 aromatic carbocycles. The van der Waals surface area contributed by atoms with Crippen LogP contribution in [0.4, 0.5) is 8.78 Å². The summed E-state index contributed by atoms with van der Waals surface area (Å²) in [5.41, 5.74) is -0.741. The molecule has 0 unspecified atom stereocenters. The fourth-order valence-corrected chi connectivity index (χ4v) is 1.19. The summed E-state index contributed by atoms with van der Waals surface area (Å²) >= 11 is 0. The molecule has 0 saturated carbocycles. The molecule has 0 aliphatic rings. The van der Waals surface area contributed by atoms with Crippen LogP contribution in [0.5, 0.6) is 0 Å². The minimum atomic E-state index is -2.65. The van der Waals surface area contributed by atoms with Gasteiger partial charge in [-0.05, 0) is 40.2 Å². The number of hydrogen-bond acceptors (Lipinski definition) is 3. The molecular weight excluding hydrogens is 241 g/mol. The van der Waals surface area contributed by atoms with Gasteiger partial charge in [-0.3, -0.25) is 0 Å². The summed E-state index contributed by atoms with van der Waals surface area (Å²) in [4.78, 5) is 0. The van der Waals surface area contributed by atoms with Crippen LogP contribution in [0.2, 0.25) is 0 Å². The van der Waals surface area contributed by atoms with Crippen LogP contribution in [0.1, 0.15) is 39.8 Å². The number of alkyl halides is 2. The summed E-state index contributed by atoms with van der Waals surface area (Å²) in [6, 6.07) is 0. The van der Waals surface area contributed by atoms with Crippen molar-refractivity contribution in [2.24, 2.45) is 0 Å². The van der Waals surface area contributed by atoms with Crippen molar-refractivity contribution in [2.75, 3.05) is 0 Å². The van der Waals surface area contributed by atoms with Crippen LogP contribution in [-0.4, -0.2) is 33.6 Å². The fraction of sp³-hybridized carbons (Fsp3) is 0.727. The first-order valence-corrected chi connectivity index (χ1v) is 5.74. The van der Waals surface area contributed by atoms with Gasteiger partial charge >= 0.3 is 14.0 Å². The van der Waals surface area contributed by atoms with Crippen molar-refractivity contribution in [3.8, 4) is 0 Å². The van der Waals surface area contributed by atoms with E-state index in [1.165, 1.54) is 6.20 Å². The van der Waals surface area contributed by atoms with Gasteiger partial charge in [0.1, 0.15) is 0 Å². The van der Waals surface area contributed by atoms with Crippen molar-refractivity contribution >= 4 is 13.1 Å². The normalized spacial score (nSPS) is 13.2. The van der Waals surface area contributed by atoms with Gasteiger partial charge < -0.3 is 9.76 Å². The van der Waals surface area contributed by atoms with Crippen molar-refractivity contribution in [3.05, 3.63) is 11.8 Å². The van der Waals surface area contributed by atoms with Crippen LogP contribution in [0.15, 0.2) is 6.20 Å². The van der Waals surface area contributed by atoms with E-state index in [-0.39, 0.29) is 7.48 Å². The number of nitrogens with zero attached hydrogens (tertiary/aromatic N) is 2. The Balaban J connectivity index is 2.75. The Morgan fingerprint density at radius 2 is 1.94 bits per heavy atom. The molecule has 0 fully saturated rings. The number of hydrogen-bond donors (Lipinski definition) is 1. The molecule has 1 aromatic heterocycles. The van der Waals surface area contributed by atoms with Crippen LogP contribution >= 0.6 is 0 Å². The predicted octanol–water partition coefficient (Wildman–Crippen LogP) is 1.13. The number of rotatable bonds is 5. The standard InChI is InChI=1S/C11H19BF2N2O2/c1-7-6-16(9(13)14)15-8(7)12-18-11(4,5)10(2,3)17/h6,9,12,17H,1-5H3. The van der Waals surface area contributed by atoms with E-state index in [0.717, 1.165) is 0 Å². The minimum Gasteiger partial charge on any atom is -0.425 e. The van der Waals surface area contributed by atoms with E-state index in [1.807, 2.05) is 0 Å². The minimum absolute atomic E-state index is 0.0859. The highest BCUT2D eigenvalue weighted by atomic mass is 19.3. The molecule has 0 bridgehead atoms. The monoisotopic (exact) mass is 260 g/mol. The van der Waals surface area contributed by atoms with Crippen LogP contribution in [-0.2, 0) is 4.65 Å². The second-order valence-electron chi connectivity index (χ2n) is 5.37. The molecular formula is C11H19BF2N2O2. The Bertz CT molecular complexity index is 414. The lowest BCUT2D eigenvalue weighted by Crippen LogP contribution is -2.49. The van der Waals surface area contributed by atoms with Gasteiger partial charge in [-0.2, -0.15) is 13.9 Å². The van der Waals surface area contributed by atoms with Crippen molar-refractivity contribution in [3.63, 3.8) is 0 Å². The summed E-state index contributed by atoms with van der Waals surface area (Å²) in [5.74, 6) is 0. The van der Waals surface area contributed by atoms with E-state index in [9.17, 15) is 13.9 Å². The lowest BCUT2D eigenvalue weighted by molar-refractivity contribution is -0.0894. The molecule has 0 aliphatic carbocycles. The topological polar surface area (TPSA) is 47.3 Å². The predicted molar refractivity (Wildman–Crippen MR) is 66.5 cm³/mol. The van der Waals surface area contributed by atoms with Gasteiger partial charge in [0.05, 0.1) is 16.8 Å². The first kappa shape index (κ1) is 15.1. The molecule has 1 aromatic rings. The second-order valence-corrected chi connectivity index (χ2v) is 5.37. The highest BCUT2D eigenvalue weighted by Gasteiger charge is 2.36. The Labute approximate surface area is 106 Å². The van der Waals surface area contributed by atoms with Crippen molar-refractivity contribution < 1.29 is 18.5 Å². The van der Waals surface area contributed by atoms with Crippen molar-refractivity contribution in [1.29, 1.82) is 0 Å². The quantitative estimate of drug-likeness (QED) is 0.807. The smallest absolute Gasteiger partial charge is 0.333 e. The molecule has 0 spiro atoms. The van der Waals surface area contributed by atoms with Gasteiger partial charge in [-0.1, -0.05) is 0 Å². The summed E-state index contributed by atoms with van der Waals surface area (Å²) in [7, 11) is 0.0859. The van der Waals surface area contributed by atoms with Crippen LogP contribution in [0, 0.1) is 6.92 Å². The average Bonchev–Trinajstić information content (AvgIpc) is 2.55. The average molecular weight is 260 g/mol. The van der Waals surface area contributed by atoms with Gasteiger partial charge in [0.15, 0.2) is 0 Å². The van der Waals surface area contributed by atoms with Gasteiger partial charge in [0, 0.05) is 6.20 Å². The number of aromatic nitrogens is 2. The highest BCUT2D eigenvalue weighted by molar-refractivity contribution is 6.46. The zero-order valence-corrected chi connectivity index (χ0v) is 11.4. The number of aryl methyl sites for hydroxylation is 1. The maximum atomic E-state index is 12.4. The number of halogens is 2. The van der Waals surface area contributed by atoms with E-state index in [1.54, 1.807) is 34.6 Å². The zero-order chi connectivity index (χ0) is 14.1. The van der Waals surface area contributed by atoms with E-state index >= 15 is 0 Å². The van der Waals surface area contributed by atoms with Crippen molar-refractivity contribution in [2.45, 2.75) is 52.4 Å². The molecule has 0 amide bonds. The van der Waals surface area contributed by atoms with Crippen LogP contribution in [0.25, 0.3) is 0 Å². The molecule has 1 heterocycles. The summed E-state index contributed by atoms with van der Waals surface area (Å²) < 4.78 is 31.1. The molecule has 0 saturated heterocycles. The van der Waals surface area contributed by atoms with Gasteiger partial charge in [-0.25, -0.2) is 4.68 Å². The van der Waals surface area contributed by atoms with Crippen LogP contribution < -0.4 is 5.59 Å². The lowest BCUT2D eigenvalue weighted by atomic mass is 9.84. The molecule has 102 valence electrons. The maximum absolute atomic E-state index is 12.4. The largest absolute Gasteiger partial charge is 0.425 e. The summed E-state index contributed by atoms with van der Waals surface area (Å²) in [6.45, 7) is 5.80. The molecule has 0 aliphatic heterocycles. The molecule has 1 rings (SSSR count). The molecule has 1 N–H and O–H groups in total. The van der Waals surface area contributed by atoms with E-state index < -0.39 is 17.8 Å². The fourth-order valence-electron chi connectivity index (χ4n) is 1.19. The molecule has 18 heavy (non-hydrogen) atoms. The third-order valence-corrected chi connectivity index (χ3v) is 3.26. The first-order valence-electron chi connectivity index (χ1n) is 5.74. The number of aliphatic hydroxyl groups is 1. The Kier molecular flexibility index (Phi) is 4.17. The first-order chi connectivity index (χ1) is 8.04. The Hall–Kier alpha value is -0.945. The van der Waals surface area contributed by atoms with E-state index in [2.05, 4.69) is 5.10 Å². The van der Waals surface area contributed by atoms with Crippen molar-refractivity contribution in [1.82, 2.24) is 9.78 Å². The van der Waals surface area contributed by atoms with E-state index in [4.69, 9.17) is 4.65 Å². The third-order valence-electron chi connectivity index (χ3n) is 3.26. The zero-order valence-electron chi connectivity index (χ0n) is 11.4. The van der Waals surface area contributed by atoms with Gasteiger partial charge in [-0.15, -0.1) is 0 Å². The maximum Gasteiger partial charge on any atom is 0.333 e.